The average Bonchev–Trinajstić information content (AvgIpc) is 2.33. The Morgan fingerprint density at radius 2 is 2.06 bits per heavy atom. The van der Waals surface area contributed by atoms with Crippen LogP contribution in [-0.4, -0.2) is 13.1 Å². The molecule has 1 heterocycles. The summed E-state index contributed by atoms with van der Waals surface area (Å²) in [4.78, 5) is 22.7. The summed E-state index contributed by atoms with van der Waals surface area (Å²) < 4.78 is 15.2. The number of hydrogen-bond acceptors (Lipinski definition) is 5. The first kappa shape index (κ1) is 12.2. The van der Waals surface area contributed by atoms with Crippen LogP contribution >= 0.6 is 0 Å². The molecule has 0 radical (unpaired) electrons. The van der Waals surface area contributed by atoms with E-state index < -0.39 is 11.6 Å². The van der Waals surface area contributed by atoms with E-state index in [1.807, 2.05) is 0 Å². The zero-order chi connectivity index (χ0) is 13.3. The number of carbonyl (C=O) groups excluding carboxylic acids is 1. The van der Waals surface area contributed by atoms with E-state index in [0.29, 0.717) is 16.7 Å². The van der Waals surface area contributed by atoms with E-state index in [0.717, 1.165) is 0 Å². The molecule has 0 atom stereocenters. The van der Waals surface area contributed by atoms with Crippen LogP contribution in [0.15, 0.2) is 27.4 Å². The van der Waals surface area contributed by atoms with Crippen molar-refractivity contribution in [3.63, 3.8) is 0 Å². The molecular formula is C13H12O5. The predicted octanol–water partition coefficient (Wildman–Crippen LogP) is 2.04. The summed E-state index contributed by atoms with van der Waals surface area (Å²) in [6, 6.07) is 4.96. The molecule has 0 aliphatic carbocycles. The van der Waals surface area contributed by atoms with Crippen LogP contribution in [0.25, 0.3) is 11.0 Å². The lowest BCUT2D eigenvalue weighted by Gasteiger charge is -2.08. The molecule has 2 rings (SSSR count). The fourth-order valence-corrected chi connectivity index (χ4v) is 1.65. The second-order valence-electron chi connectivity index (χ2n) is 3.80. The third-order valence-corrected chi connectivity index (χ3v) is 2.53. The molecule has 0 fully saturated rings. The summed E-state index contributed by atoms with van der Waals surface area (Å²) in [5, 5.41) is 0.558. The molecule has 5 heteroatoms. The van der Waals surface area contributed by atoms with Crippen LogP contribution in [-0.2, 0) is 4.79 Å². The standard InChI is InChI=1S/C13H12O5/c1-7-12(17-8(2)14)10-5-4-9(16-3)6-11(10)18-13(7)15/h4-6H,1-3H3. The molecule has 5 nitrogen and oxygen atoms in total. The normalized spacial score (nSPS) is 10.4. The van der Waals surface area contributed by atoms with E-state index in [2.05, 4.69) is 0 Å². The number of rotatable bonds is 2. The van der Waals surface area contributed by atoms with Crippen LogP contribution in [0, 0.1) is 6.92 Å². The van der Waals surface area contributed by atoms with Gasteiger partial charge in [-0.25, -0.2) is 4.79 Å². The number of esters is 1. The van der Waals surface area contributed by atoms with Crippen molar-refractivity contribution in [2.45, 2.75) is 13.8 Å². The van der Waals surface area contributed by atoms with Gasteiger partial charge in [0.15, 0.2) is 5.75 Å². The third kappa shape index (κ3) is 2.07. The van der Waals surface area contributed by atoms with E-state index in [1.54, 1.807) is 25.1 Å². The second-order valence-corrected chi connectivity index (χ2v) is 3.80. The average molecular weight is 248 g/mol. The number of fused-ring (bicyclic) bond motifs is 1. The van der Waals surface area contributed by atoms with Gasteiger partial charge in [0.25, 0.3) is 0 Å². The summed E-state index contributed by atoms with van der Waals surface area (Å²) in [7, 11) is 1.51. The molecule has 0 saturated carbocycles. The lowest BCUT2D eigenvalue weighted by Crippen LogP contribution is -2.10. The van der Waals surface area contributed by atoms with E-state index in [4.69, 9.17) is 13.9 Å². The lowest BCUT2D eigenvalue weighted by molar-refractivity contribution is -0.131. The van der Waals surface area contributed by atoms with E-state index in [1.165, 1.54) is 14.0 Å². The highest BCUT2D eigenvalue weighted by Crippen LogP contribution is 2.29. The van der Waals surface area contributed by atoms with Gasteiger partial charge < -0.3 is 13.9 Å². The highest BCUT2D eigenvalue weighted by Gasteiger charge is 2.14. The van der Waals surface area contributed by atoms with Crippen LogP contribution in [0.1, 0.15) is 12.5 Å². The summed E-state index contributed by atoms with van der Waals surface area (Å²) in [6.07, 6.45) is 0. The number of ether oxygens (including phenoxy) is 2. The van der Waals surface area contributed by atoms with Crippen LogP contribution in [0.3, 0.4) is 0 Å². The summed E-state index contributed by atoms with van der Waals surface area (Å²) in [5.74, 6) is 0.306. The van der Waals surface area contributed by atoms with Gasteiger partial charge in [0.1, 0.15) is 11.3 Å². The Morgan fingerprint density at radius 1 is 1.33 bits per heavy atom. The quantitative estimate of drug-likeness (QED) is 0.601. The molecule has 0 aliphatic heterocycles. The van der Waals surface area contributed by atoms with Crippen LogP contribution in [0.2, 0.25) is 0 Å². The maximum atomic E-state index is 11.6. The van der Waals surface area contributed by atoms with Crippen molar-refractivity contribution < 1.29 is 18.7 Å². The fourth-order valence-electron chi connectivity index (χ4n) is 1.65. The Balaban J connectivity index is 2.77. The zero-order valence-electron chi connectivity index (χ0n) is 10.3. The van der Waals surface area contributed by atoms with Crippen molar-refractivity contribution in [3.05, 3.63) is 34.2 Å². The Bertz CT molecular complexity index is 669. The molecule has 0 saturated heterocycles. The van der Waals surface area contributed by atoms with Crippen LogP contribution < -0.4 is 15.1 Å². The van der Waals surface area contributed by atoms with Gasteiger partial charge >= 0.3 is 11.6 Å². The zero-order valence-corrected chi connectivity index (χ0v) is 10.3. The largest absolute Gasteiger partial charge is 0.497 e. The Labute approximate surface area is 103 Å². The minimum atomic E-state index is -0.535. The summed E-state index contributed by atoms with van der Waals surface area (Å²) in [5.41, 5.74) is 0.0519. The van der Waals surface area contributed by atoms with Crippen molar-refractivity contribution in [2.75, 3.05) is 7.11 Å². The predicted molar refractivity (Wildman–Crippen MR) is 65.1 cm³/mol. The molecule has 0 N–H and O–H groups in total. The molecule has 1 aromatic carbocycles. The molecule has 0 aliphatic rings. The topological polar surface area (TPSA) is 65.7 Å². The SMILES string of the molecule is COc1ccc2c(OC(C)=O)c(C)c(=O)oc2c1. The van der Waals surface area contributed by atoms with Crippen molar-refractivity contribution >= 4 is 16.9 Å². The first-order valence-electron chi connectivity index (χ1n) is 5.33. The molecule has 2 aromatic rings. The second kappa shape index (κ2) is 4.52. The first-order chi connectivity index (χ1) is 8.52. The molecule has 1 aromatic heterocycles. The van der Waals surface area contributed by atoms with Gasteiger partial charge in [-0.2, -0.15) is 0 Å². The van der Waals surface area contributed by atoms with E-state index >= 15 is 0 Å². The van der Waals surface area contributed by atoms with Crippen LogP contribution in [0.5, 0.6) is 11.5 Å². The Morgan fingerprint density at radius 3 is 2.67 bits per heavy atom. The number of carbonyl (C=O) groups is 1. The van der Waals surface area contributed by atoms with Crippen molar-refractivity contribution in [3.8, 4) is 11.5 Å². The monoisotopic (exact) mass is 248 g/mol. The van der Waals surface area contributed by atoms with Gasteiger partial charge in [-0.1, -0.05) is 0 Å². The molecule has 18 heavy (non-hydrogen) atoms. The summed E-state index contributed by atoms with van der Waals surface area (Å²) >= 11 is 0. The Kier molecular flexibility index (Phi) is 3.06. The molecule has 0 amide bonds. The summed E-state index contributed by atoms with van der Waals surface area (Å²) in [6.45, 7) is 2.83. The maximum Gasteiger partial charge on any atom is 0.342 e. The molecule has 0 spiro atoms. The number of hydrogen-bond donors (Lipinski definition) is 0. The highest BCUT2D eigenvalue weighted by molar-refractivity contribution is 5.88. The van der Waals surface area contributed by atoms with Gasteiger partial charge in [-0.15, -0.1) is 0 Å². The van der Waals surface area contributed by atoms with Gasteiger partial charge in [0.05, 0.1) is 18.1 Å². The van der Waals surface area contributed by atoms with Gasteiger partial charge in [0.2, 0.25) is 0 Å². The maximum absolute atomic E-state index is 11.6. The van der Waals surface area contributed by atoms with Gasteiger partial charge in [-0.05, 0) is 19.1 Å². The van der Waals surface area contributed by atoms with Crippen molar-refractivity contribution in [1.82, 2.24) is 0 Å². The molecule has 0 unspecified atom stereocenters. The minimum Gasteiger partial charge on any atom is -0.497 e. The molecule has 0 bridgehead atoms. The number of benzene rings is 1. The van der Waals surface area contributed by atoms with Crippen LogP contribution in [0.4, 0.5) is 0 Å². The highest BCUT2D eigenvalue weighted by atomic mass is 16.5. The molecule has 94 valence electrons. The van der Waals surface area contributed by atoms with Crippen molar-refractivity contribution in [1.29, 1.82) is 0 Å². The smallest absolute Gasteiger partial charge is 0.342 e. The Hall–Kier alpha value is -2.30. The van der Waals surface area contributed by atoms with E-state index in [-0.39, 0.29) is 11.3 Å². The van der Waals surface area contributed by atoms with E-state index in [9.17, 15) is 9.59 Å². The minimum absolute atomic E-state index is 0.233. The third-order valence-electron chi connectivity index (χ3n) is 2.53. The molecular weight excluding hydrogens is 236 g/mol. The first-order valence-corrected chi connectivity index (χ1v) is 5.33. The number of methoxy groups -OCH3 is 1. The van der Waals surface area contributed by atoms with Crippen molar-refractivity contribution in [2.24, 2.45) is 0 Å². The fraction of sp³-hybridized carbons (Fsp3) is 0.231. The van der Waals surface area contributed by atoms with Gasteiger partial charge in [-0.3, -0.25) is 4.79 Å². The van der Waals surface area contributed by atoms with Gasteiger partial charge in [0, 0.05) is 13.0 Å². The lowest BCUT2D eigenvalue weighted by atomic mass is 10.1.